The Balaban J connectivity index is 1.56. The van der Waals surface area contributed by atoms with Crippen LogP contribution >= 0.6 is 0 Å². The van der Waals surface area contributed by atoms with Gasteiger partial charge in [0.25, 0.3) is 0 Å². The van der Waals surface area contributed by atoms with Crippen LogP contribution in [-0.4, -0.2) is 52.2 Å². The molecule has 9 nitrogen and oxygen atoms in total. The van der Waals surface area contributed by atoms with E-state index in [9.17, 15) is 9.59 Å². The highest BCUT2D eigenvalue weighted by Gasteiger charge is 2.44. The van der Waals surface area contributed by atoms with Gasteiger partial charge in [-0.05, 0) is 6.07 Å². The van der Waals surface area contributed by atoms with Gasteiger partial charge in [-0.2, -0.15) is 0 Å². The molecule has 4 rings (SSSR count). The van der Waals surface area contributed by atoms with E-state index in [-0.39, 0.29) is 30.7 Å². The van der Waals surface area contributed by atoms with E-state index in [4.69, 9.17) is 14.3 Å². The van der Waals surface area contributed by atoms with Crippen LogP contribution in [0, 0.1) is 5.92 Å². The largest absolute Gasteiger partial charge is 0.493 e. The first-order valence-corrected chi connectivity index (χ1v) is 9.02. The van der Waals surface area contributed by atoms with Gasteiger partial charge in [0.15, 0.2) is 0 Å². The van der Waals surface area contributed by atoms with E-state index >= 15 is 0 Å². The maximum atomic E-state index is 13.1. The van der Waals surface area contributed by atoms with Crippen LogP contribution in [0.5, 0.6) is 5.75 Å². The molecule has 2 aliphatic heterocycles. The lowest BCUT2D eigenvalue weighted by Crippen LogP contribution is -2.35. The van der Waals surface area contributed by atoms with Crippen molar-refractivity contribution < 1.29 is 23.9 Å². The van der Waals surface area contributed by atoms with Crippen molar-refractivity contribution in [2.24, 2.45) is 5.92 Å². The van der Waals surface area contributed by atoms with Gasteiger partial charge in [-0.3, -0.25) is 14.4 Å². The first-order valence-electron chi connectivity index (χ1n) is 9.02. The van der Waals surface area contributed by atoms with Crippen molar-refractivity contribution in [1.82, 2.24) is 20.0 Å². The SMILES string of the molecule is COC(=O)C[C@@H](CC(=O)N1OC[C@H]2COc3ccccc3[C@H]21)c1ncncn1. The molecule has 1 aromatic heterocycles. The molecule has 3 heterocycles. The van der Waals surface area contributed by atoms with Crippen molar-refractivity contribution in [3.8, 4) is 5.75 Å². The van der Waals surface area contributed by atoms with Gasteiger partial charge in [-0.15, -0.1) is 0 Å². The highest BCUT2D eigenvalue weighted by Crippen LogP contribution is 2.43. The molecule has 3 atom stereocenters. The van der Waals surface area contributed by atoms with E-state index in [2.05, 4.69) is 15.0 Å². The van der Waals surface area contributed by atoms with Crippen LogP contribution in [0.4, 0.5) is 0 Å². The summed E-state index contributed by atoms with van der Waals surface area (Å²) in [7, 11) is 1.31. The molecule has 1 saturated heterocycles. The molecule has 1 fully saturated rings. The highest BCUT2D eigenvalue weighted by atomic mass is 16.7. The molecule has 0 spiro atoms. The van der Waals surface area contributed by atoms with Gasteiger partial charge in [0.2, 0.25) is 5.91 Å². The number of benzene rings is 1. The molecule has 2 aromatic rings. The summed E-state index contributed by atoms with van der Waals surface area (Å²) in [5.74, 6) is -0.00312. The van der Waals surface area contributed by atoms with E-state index in [0.717, 1.165) is 11.3 Å². The lowest BCUT2D eigenvalue weighted by molar-refractivity contribution is -0.178. The minimum absolute atomic E-state index is 0.00606. The molecule has 9 heteroatoms. The predicted molar refractivity (Wildman–Crippen MR) is 94.8 cm³/mol. The fraction of sp³-hybridized carbons (Fsp3) is 0.421. The summed E-state index contributed by atoms with van der Waals surface area (Å²) >= 11 is 0. The molecule has 1 amide bonds. The van der Waals surface area contributed by atoms with E-state index in [1.807, 2.05) is 24.3 Å². The average molecular weight is 384 g/mol. The monoisotopic (exact) mass is 384 g/mol. The van der Waals surface area contributed by atoms with Crippen LogP contribution in [0.1, 0.15) is 36.2 Å². The summed E-state index contributed by atoms with van der Waals surface area (Å²) in [5, 5.41) is 1.41. The lowest BCUT2D eigenvalue weighted by atomic mass is 9.91. The van der Waals surface area contributed by atoms with Crippen molar-refractivity contribution in [2.45, 2.75) is 24.8 Å². The Labute approximate surface area is 161 Å². The fourth-order valence-electron chi connectivity index (χ4n) is 3.64. The zero-order valence-electron chi connectivity index (χ0n) is 15.4. The number of para-hydroxylation sites is 1. The quantitative estimate of drug-likeness (QED) is 0.713. The van der Waals surface area contributed by atoms with Gasteiger partial charge in [-0.25, -0.2) is 20.0 Å². The summed E-state index contributed by atoms with van der Waals surface area (Å²) in [5.41, 5.74) is 0.925. The summed E-state index contributed by atoms with van der Waals surface area (Å²) in [6, 6.07) is 7.43. The van der Waals surface area contributed by atoms with Gasteiger partial charge >= 0.3 is 5.97 Å². The molecule has 0 N–H and O–H groups in total. The van der Waals surface area contributed by atoms with Crippen molar-refractivity contribution in [2.75, 3.05) is 20.3 Å². The number of methoxy groups -OCH3 is 1. The second kappa shape index (κ2) is 7.89. The number of fused-ring (bicyclic) bond motifs is 3. The van der Waals surface area contributed by atoms with E-state index in [1.165, 1.54) is 24.8 Å². The third-order valence-electron chi connectivity index (χ3n) is 5.00. The van der Waals surface area contributed by atoms with Crippen LogP contribution in [0.15, 0.2) is 36.9 Å². The van der Waals surface area contributed by atoms with Crippen molar-refractivity contribution in [3.05, 3.63) is 48.3 Å². The Hall–Kier alpha value is -3.07. The number of aromatic nitrogens is 3. The number of hydrogen-bond acceptors (Lipinski definition) is 8. The maximum Gasteiger partial charge on any atom is 0.306 e. The smallest absolute Gasteiger partial charge is 0.306 e. The first-order chi connectivity index (χ1) is 13.7. The standard InChI is InChI=1S/C19H20N4O5/c1-26-17(25)7-12(19-21-10-20-11-22-19)6-16(24)23-18-13(9-28-23)8-27-15-5-3-2-4-14(15)18/h2-5,10-13,18H,6-9H2,1H3/t12-,13-,18+/m1/s1. The normalized spacial score (nSPS) is 21.2. The summed E-state index contributed by atoms with van der Waals surface area (Å²) in [6.45, 7) is 0.892. The highest BCUT2D eigenvalue weighted by molar-refractivity contribution is 5.78. The molecule has 0 saturated carbocycles. The second-order valence-electron chi connectivity index (χ2n) is 6.75. The molecule has 0 bridgehead atoms. The number of ether oxygens (including phenoxy) is 2. The Bertz CT molecular complexity index is 862. The minimum atomic E-state index is -0.527. The summed E-state index contributed by atoms with van der Waals surface area (Å²) in [6.07, 6.45) is 2.70. The Morgan fingerprint density at radius 3 is 2.79 bits per heavy atom. The molecule has 0 radical (unpaired) electrons. The Morgan fingerprint density at radius 2 is 2.00 bits per heavy atom. The van der Waals surface area contributed by atoms with Gasteiger partial charge in [0, 0.05) is 23.8 Å². The second-order valence-corrected chi connectivity index (χ2v) is 6.75. The fourth-order valence-corrected chi connectivity index (χ4v) is 3.64. The number of nitrogens with zero attached hydrogens (tertiary/aromatic N) is 4. The maximum absolute atomic E-state index is 13.1. The zero-order chi connectivity index (χ0) is 19.5. The number of esters is 1. The van der Waals surface area contributed by atoms with Gasteiger partial charge in [0.05, 0.1) is 32.8 Å². The summed E-state index contributed by atoms with van der Waals surface area (Å²) in [4.78, 5) is 42.6. The third kappa shape index (κ3) is 3.53. The summed E-state index contributed by atoms with van der Waals surface area (Å²) < 4.78 is 10.5. The van der Waals surface area contributed by atoms with E-state index < -0.39 is 11.9 Å². The molecule has 1 aromatic carbocycles. The lowest BCUT2D eigenvalue weighted by Gasteiger charge is -2.31. The molecular formula is C19H20N4O5. The van der Waals surface area contributed by atoms with Gasteiger partial charge in [-0.1, -0.05) is 18.2 Å². The number of amides is 1. The van der Waals surface area contributed by atoms with Crippen LogP contribution < -0.4 is 4.74 Å². The first kappa shape index (κ1) is 18.3. The number of carbonyl (C=O) groups is 2. The zero-order valence-corrected chi connectivity index (χ0v) is 15.4. The Kier molecular flexibility index (Phi) is 5.16. The molecule has 146 valence electrons. The number of rotatable bonds is 5. The topological polar surface area (TPSA) is 104 Å². The van der Waals surface area contributed by atoms with Crippen molar-refractivity contribution in [3.63, 3.8) is 0 Å². The molecule has 2 aliphatic rings. The number of carbonyl (C=O) groups excluding carboxylic acids is 2. The molecular weight excluding hydrogens is 364 g/mol. The van der Waals surface area contributed by atoms with E-state index in [0.29, 0.717) is 19.0 Å². The number of hydrogen-bond donors (Lipinski definition) is 0. The van der Waals surface area contributed by atoms with Crippen LogP contribution in [0.2, 0.25) is 0 Å². The molecule has 28 heavy (non-hydrogen) atoms. The molecule has 0 aliphatic carbocycles. The third-order valence-corrected chi connectivity index (χ3v) is 5.00. The van der Waals surface area contributed by atoms with Gasteiger partial charge < -0.3 is 9.47 Å². The average Bonchev–Trinajstić information content (AvgIpc) is 3.18. The van der Waals surface area contributed by atoms with Gasteiger partial charge in [0.1, 0.15) is 24.2 Å². The van der Waals surface area contributed by atoms with Crippen molar-refractivity contribution >= 4 is 11.9 Å². The minimum Gasteiger partial charge on any atom is -0.493 e. The van der Waals surface area contributed by atoms with Crippen molar-refractivity contribution in [1.29, 1.82) is 0 Å². The van der Waals surface area contributed by atoms with Crippen LogP contribution in [0.3, 0.4) is 0 Å². The predicted octanol–water partition coefficient (Wildman–Crippen LogP) is 1.43. The van der Waals surface area contributed by atoms with Crippen LogP contribution in [0.25, 0.3) is 0 Å². The van der Waals surface area contributed by atoms with E-state index in [1.54, 1.807) is 0 Å². The Morgan fingerprint density at radius 1 is 1.21 bits per heavy atom. The molecule has 0 unspecified atom stereocenters. The van der Waals surface area contributed by atoms with Crippen LogP contribution in [-0.2, 0) is 19.2 Å². The number of hydroxylamine groups is 2.